The molecule has 1 aliphatic rings. The van der Waals surface area contributed by atoms with Crippen molar-refractivity contribution in [1.29, 1.82) is 0 Å². The highest BCUT2D eigenvalue weighted by Gasteiger charge is 2.30. The first-order valence-corrected chi connectivity index (χ1v) is 11.2. The van der Waals surface area contributed by atoms with E-state index in [2.05, 4.69) is 27.3 Å². The number of thiazole rings is 1. The molecule has 1 aromatic carbocycles. The highest BCUT2D eigenvalue weighted by atomic mass is 32.1. The largest absolute Gasteiger partial charge is 0.335 e. The van der Waals surface area contributed by atoms with E-state index >= 15 is 0 Å². The molecule has 1 N–H and O–H groups in total. The highest BCUT2D eigenvalue weighted by molar-refractivity contribution is 7.22. The molecule has 0 aliphatic carbocycles. The molecular formula is C22H28N6O2S. The van der Waals surface area contributed by atoms with Crippen LogP contribution in [0.4, 0.5) is 5.13 Å². The zero-order valence-corrected chi connectivity index (χ0v) is 19.4. The molecule has 2 amide bonds. The van der Waals surface area contributed by atoms with Crippen molar-refractivity contribution in [3.05, 3.63) is 41.1 Å². The van der Waals surface area contributed by atoms with Crippen LogP contribution in [0.2, 0.25) is 0 Å². The number of hydrogen-bond acceptors (Lipinski definition) is 6. The average Bonchev–Trinajstić information content (AvgIpc) is 3.26. The van der Waals surface area contributed by atoms with E-state index in [1.54, 1.807) is 16.8 Å². The van der Waals surface area contributed by atoms with Gasteiger partial charge in [0.1, 0.15) is 4.70 Å². The van der Waals surface area contributed by atoms with Gasteiger partial charge in [-0.1, -0.05) is 29.0 Å². The van der Waals surface area contributed by atoms with E-state index in [-0.39, 0.29) is 17.4 Å². The SMILES string of the molecule is Cc1ccc(C(=O)Nc2nc3c(s2)c(C(=O)N2CCN(C)CC2)nn3C(C)(C)C)cc1. The molecule has 8 nitrogen and oxygen atoms in total. The third-order valence-electron chi connectivity index (χ3n) is 5.39. The Bertz CT molecular complexity index is 1120. The molecule has 0 saturated carbocycles. The van der Waals surface area contributed by atoms with Gasteiger partial charge in [0, 0.05) is 31.7 Å². The van der Waals surface area contributed by atoms with Gasteiger partial charge in [0.25, 0.3) is 11.8 Å². The second-order valence-electron chi connectivity index (χ2n) is 9.02. The zero-order valence-electron chi connectivity index (χ0n) is 18.6. The maximum Gasteiger partial charge on any atom is 0.276 e. The van der Waals surface area contributed by atoms with Gasteiger partial charge < -0.3 is 9.80 Å². The van der Waals surface area contributed by atoms with Gasteiger partial charge >= 0.3 is 0 Å². The first-order valence-electron chi connectivity index (χ1n) is 10.4. The zero-order chi connectivity index (χ0) is 22.3. The lowest BCUT2D eigenvalue weighted by Crippen LogP contribution is -2.47. The first kappa shape index (κ1) is 21.5. The quantitative estimate of drug-likeness (QED) is 0.676. The molecule has 9 heteroatoms. The summed E-state index contributed by atoms with van der Waals surface area (Å²) in [4.78, 5) is 34.6. The molecule has 31 heavy (non-hydrogen) atoms. The maximum absolute atomic E-state index is 13.3. The van der Waals surface area contributed by atoms with Crippen molar-refractivity contribution in [3.8, 4) is 0 Å². The monoisotopic (exact) mass is 440 g/mol. The fourth-order valence-corrected chi connectivity index (χ4v) is 4.41. The van der Waals surface area contributed by atoms with E-state index < -0.39 is 0 Å². The Balaban J connectivity index is 1.67. The lowest BCUT2D eigenvalue weighted by molar-refractivity contribution is 0.0658. The Morgan fingerprint density at radius 3 is 2.32 bits per heavy atom. The predicted octanol–water partition coefficient (Wildman–Crippen LogP) is 3.20. The van der Waals surface area contributed by atoms with Gasteiger partial charge in [-0.05, 0) is 46.9 Å². The van der Waals surface area contributed by atoms with E-state index in [1.165, 1.54) is 11.3 Å². The van der Waals surface area contributed by atoms with E-state index in [1.807, 2.05) is 44.7 Å². The summed E-state index contributed by atoms with van der Waals surface area (Å²) in [5.74, 6) is -0.306. The van der Waals surface area contributed by atoms with Crippen LogP contribution in [0.5, 0.6) is 0 Å². The molecule has 3 aromatic rings. The topological polar surface area (TPSA) is 83.4 Å². The number of fused-ring (bicyclic) bond motifs is 1. The van der Waals surface area contributed by atoms with Gasteiger partial charge in [0.2, 0.25) is 0 Å². The molecular weight excluding hydrogens is 412 g/mol. The second-order valence-corrected chi connectivity index (χ2v) is 10.0. The summed E-state index contributed by atoms with van der Waals surface area (Å²) in [6, 6.07) is 7.38. The molecule has 3 heterocycles. The number of nitrogens with one attached hydrogen (secondary N) is 1. The van der Waals surface area contributed by atoms with Crippen molar-refractivity contribution in [1.82, 2.24) is 24.6 Å². The number of nitrogens with zero attached hydrogens (tertiary/aromatic N) is 5. The van der Waals surface area contributed by atoms with Gasteiger partial charge in [-0.15, -0.1) is 0 Å². The number of amides is 2. The van der Waals surface area contributed by atoms with Crippen LogP contribution in [0.3, 0.4) is 0 Å². The number of hydrogen-bond donors (Lipinski definition) is 1. The molecule has 1 fully saturated rings. The maximum atomic E-state index is 13.3. The standard InChI is InChI=1S/C22H28N6O2S/c1-14-6-8-15(9-7-14)19(29)24-21-23-18-17(31-21)16(25-28(18)22(2,3)4)20(30)27-12-10-26(5)11-13-27/h6-9H,10-13H2,1-5H3,(H,23,24,29). The van der Waals surface area contributed by atoms with Crippen LogP contribution in [0.1, 0.15) is 47.2 Å². The molecule has 0 radical (unpaired) electrons. The summed E-state index contributed by atoms with van der Waals surface area (Å²) >= 11 is 1.30. The van der Waals surface area contributed by atoms with Crippen molar-refractivity contribution in [2.24, 2.45) is 0 Å². The van der Waals surface area contributed by atoms with Crippen LogP contribution in [0.25, 0.3) is 10.3 Å². The van der Waals surface area contributed by atoms with Crippen molar-refractivity contribution >= 4 is 38.6 Å². The number of anilines is 1. The van der Waals surface area contributed by atoms with Crippen molar-refractivity contribution in [3.63, 3.8) is 0 Å². The number of aromatic nitrogens is 3. The summed E-state index contributed by atoms with van der Waals surface area (Å²) in [6.07, 6.45) is 0. The molecule has 0 spiro atoms. The second kappa shape index (κ2) is 8.05. The van der Waals surface area contributed by atoms with Crippen LogP contribution in [0.15, 0.2) is 24.3 Å². The molecule has 0 atom stereocenters. The summed E-state index contributed by atoms with van der Waals surface area (Å²) in [5.41, 5.74) is 2.33. The summed E-state index contributed by atoms with van der Waals surface area (Å²) in [5, 5.41) is 7.99. The number of aryl methyl sites for hydroxylation is 1. The first-order chi connectivity index (χ1) is 14.6. The Kier molecular flexibility index (Phi) is 5.57. The van der Waals surface area contributed by atoms with Crippen molar-refractivity contribution in [2.45, 2.75) is 33.2 Å². The smallest absolute Gasteiger partial charge is 0.276 e. The van der Waals surface area contributed by atoms with Crippen LogP contribution in [0, 0.1) is 6.92 Å². The highest BCUT2D eigenvalue weighted by Crippen LogP contribution is 2.33. The van der Waals surface area contributed by atoms with Gasteiger partial charge in [-0.3, -0.25) is 14.9 Å². The molecule has 1 saturated heterocycles. The Hall–Kier alpha value is -2.78. The fourth-order valence-electron chi connectivity index (χ4n) is 3.50. The van der Waals surface area contributed by atoms with Crippen LogP contribution in [-0.2, 0) is 5.54 Å². The minimum absolute atomic E-state index is 0.0823. The number of benzene rings is 1. The molecule has 0 bridgehead atoms. The fraction of sp³-hybridized carbons (Fsp3) is 0.455. The number of carbonyl (C=O) groups excluding carboxylic acids is 2. The number of rotatable bonds is 3. The summed E-state index contributed by atoms with van der Waals surface area (Å²) in [6.45, 7) is 11.1. The molecule has 0 unspecified atom stereocenters. The van der Waals surface area contributed by atoms with E-state index in [0.717, 1.165) is 18.7 Å². The number of piperazine rings is 1. The van der Waals surface area contributed by atoms with Gasteiger partial charge in [0.05, 0.1) is 5.54 Å². The van der Waals surface area contributed by atoms with Gasteiger partial charge in [0.15, 0.2) is 16.5 Å². The Labute approximate surface area is 185 Å². The number of likely N-dealkylation sites (N-methyl/N-ethyl adjacent to an activating group) is 1. The minimum atomic E-state index is -0.356. The van der Waals surface area contributed by atoms with Crippen LogP contribution >= 0.6 is 11.3 Å². The Morgan fingerprint density at radius 1 is 1.06 bits per heavy atom. The van der Waals surface area contributed by atoms with Crippen molar-refractivity contribution < 1.29 is 9.59 Å². The number of carbonyl (C=O) groups is 2. The normalized spacial score (nSPS) is 15.5. The summed E-state index contributed by atoms with van der Waals surface area (Å²) in [7, 11) is 2.06. The molecule has 2 aromatic heterocycles. The van der Waals surface area contributed by atoms with Gasteiger partial charge in [-0.25, -0.2) is 4.68 Å². The van der Waals surface area contributed by atoms with E-state index in [4.69, 9.17) is 0 Å². The molecule has 164 valence electrons. The Morgan fingerprint density at radius 2 is 1.71 bits per heavy atom. The predicted molar refractivity (Wildman–Crippen MR) is 123 cm³/mol. The lowest BCUT2D eigenvalue weighted by Gasteiger charge is -2.32. The van der Waals surface area contributed by atoms with Crippen molar-refractivity contribution in [2.75, 3.05) is 38.5 Å². The minimum Gasteiger partial charge on any atom is -0.335 e. The van der Waals surface area contributed by atoms with E-state index in [9.17, 15) is 9.59 Å². The van der Waals surface area contributed by atoms with Crippen LogP contribution < -0.4 is 5.32 Å². The lowest BCUT2D eigenvalue weighted by atomic mass is 10.1. The third-order valence-corrected chi connectivity index (χ3v) is 6.35. The average molecular weight is 441 g/mol. The third kappa shape index (κ3) is 4.33. The summed E-state index contributed by atoms with van der Waals surface area (Å²) < 4.78 is 2.49. The molecule has 1 aliphatic heterocycles. The van der Waals surface area contributed by atoms with Crippen LogP contribution in [-0.4, -0.2) is 69.6 Å². The van der Waals surface area contributed by atoms with E-state index in [0.29, 0.717) is 39.8 Å². The van der Waals surface area contributed by atoms with Gasteiger partial charge in [-0.2, -0.15) is 10.1 Å². The molecule has 4 rings (SSSR count).